The number of amides is 2. The summed E-state index contributed by atoms with van der Waals surface area (Å²) in [4.78, 5) is 37.6. The van der Waals surface area contributed by atoms with Gasteiger partial charge in [0.15, 0.2) is 0 Å². The van der Waals surface area contributed by atoms with Crippen molar-refractivity contribution in [1.29, 1.82) is 0 Å². The van der Waals surface area contributed by atoms with Gasteiger partial charge in [-0.1, -0.05) is 0 Å². The van der Waals surface area contributed by atoms with Crippen LogP contribution in [0.2, 0.25) is 0 Å². The third-order valence-electron chi connectivity index (χ3n) is 3.61. The summed E-state index contributed by atoms with van der Waals surface area (Å²) in [6.07, 6.45) is -4.80. The van der Waals surface area contributed by atoms with Crippen LogP contribution in [0.3, 0.4) is 0 Å². The largest absolute Gasteiger partial charge is 0.573 e. The van der Waals surface area contributed by atoms with E-state index in [9.17, 15) is 27.6 Å². The smallest absolute Gasteiger partial charge is 0.462 e. The van der Waals surface area contributed by atoms with E-state index in [-0.39, 0.29) is 30.9 Å². The molecule has 0 radical (unpaired) electrons. The second kappa shape index (κ2) is 10.8. The predicted molar refractivity (Wildman–Crippen MR) is 108 cm³/mol. The Morgan fingerprint density at radius 3 is 2.23 bits per heavy atom. The number of thiophene rings is 1. The Balaban J connectivity index is 1.82. The number of esters is 1. The first-order chi connectivity index (χ1) is 14.6. The van der Waals surface area contributed by atoms with Crippen LogP contribution in [-0.2, 0) is 14.3 Å². The molecule has 0 aliphatic rings. The molecule has 2 N–H and O–H groups in total. The zero-order chi connectivity index (χ0) is 23.0. The van der Waals surface area contributed by atoms with Crippen molar-refractivity contribution >= 4 is 39.8 Å². The molecule has 0 bridgehead atoms. The molecule has 168 valence electrons. The van der Waals surface area contributed by atoms with Crippen molar-refractivity contribution in [2.45, 2.75) is 13.3 Å². The summed E-state index contributed by atoms with van der Waals surface area (Å²) in [5.74, 6) is -1.85. The maximum atomic E-state index is 12.2. The first-order valence-corrected chi connectivity index (χ1v) is 9.84. The van der Waals surface area contributed by atoms with Gasteiger partial charge < -0.3 is 20.1 Å². The standard InChI is InChI=1S/C19H20F3N3O5S/c1-3-29-18(28)14-8-9-31-17(14)24-16(27)11-25(2)10-15(26)23-12-4-6-13(7-5-12)30-19(20,21)22/h4-9H,3,10-11H2,1-2H3,(H,23,26)(H,24,27). The molecule has 8 nitrogen and oxygen atoms in total. The lowest BCUT2D eigenvalue weighted by Crippen LogP contribution is -2.36. The number of alkyl halides is 3. The van der Waals surface area contributed by atoms with Gasteiger partial charge in [-0.3, -0.25) is 14.5 Å². The fourth-order valence-corrected chi connectivity index (χ4v) is 3.22. The maximum absolute atomic E-state index is 12.2. The van der Waals surface area contributed by atoms with E-state index >= 15 is 0 Å². The number of rotatable bonds is 9. The van der Waals surface area contributed by atoms with Crippen LogP contribution in [0.1, 0.15) is 17.3 Å². The number of halogens is 3. The van der Waals surface area contributed by atoms with Crippen LogP contribution in [0.25, 0.3) is 0 Å². The molecular weight excluding hydrogens is 439 g/mol. The number of likely N-dealkylation sites (N-methyl/N-ethyl adjacent to an activating group) is 1. The van der Waals surface area contributed by atoms with Crippen molar-refractivity contribution in [3.8, 4) is 5.75 Å². The quantitative estimate of drug-likeness (QED) is 0.559. The van der Waals surface area contributed by atoms with E-state index in [1.54, 1.807) is 25.4 Å². The Morgan fingerprint density at radius 2 is 1.65 bits per heavy atom. The van der Waals surface area contributed by atoms with Gasteiger partial charge in [-0.05, 0) is 49.7 Å². The summed E-state index contributed by atoms with van der Waals surface area (Å²) in [7, 11) is 1.54. The van der Waals surface area contributed by atoms with Crippen molar-refractivity contribution in [2.75, 3.05) is 37.4 Å². The van der Waals surface area contributed by atoms with Crippen LogP contribution >= 0.6 is 11.3 Å². The molecule has 2 rings (SSSR count). The van der Waals surface area contributed by atoms with Gasteiger partial charge in [0, 0.05) is 5.69 Å². The average molecular weight is 459 g/mol. The Labute approximate surface area is 179 Å². The molecule has 0 spiro atoms. The van der Waals surface area contributed by atoms with Gasteiger partial charge in [0.1, 0.15) is 10.8 Å². The molecule has 31 heavy (non-hydrogen) atoms. The number of nitrogens with one attached hydrogen (secondary N) is 2. The average Bonchev–Trinajstić information content (AvgIpc) is 3.10. The lowest BCUT2D eigenvalue weighted by molar-refractivity contribution is -0.274. The molecule has 2 aromatic rings. The minimum absolute atomic E-state index is 0.133. The molecular formula is C19H20F3N3O5S. The fourth-order valence-electron chi connectivity index (χ4n) is 2.43. The molecule has 1 heterocycles. The van der Waals surface area contributed by atoms with Gasteiger partial charge in [-0.15, -0.1) is 24.5 Å². The van der Waals surface area contributed by atoms with E-state index in [1.165, 1.54) is 28.4 Å². The molecule has 1 aromatic heterocycles. The van der Waals surface area contributed by atoms with Gasteiger partial charge in [0.25, 0.3) is 0 Å². The van der Waals surface area contributed by atoms with Crippen molar-refractivity contribution in [3.63, 3.8) is 0 Å². The SMILES string of the molecule is CCOC(=O)c1ccsc1NC(=O)CN(C)CC(=O)Nc1ccc(OC(F)(F)F)cc1. The number of anilines is 2. The Hall–Kier alpha value is -3.12. The highest BCUT2D eigenvalue weighted by Gasteiger charge is 2.31. The van der Waals surface area contributed by atoms with E-state index in [4.69, 9.17) is 4.74 Å². The Morgan fingerprint density at radius 1 is 1.03 bits per heavy atom. The van der Waals surface area contributed by atoms with Gasteiger partial charge in [0.2, 0.25) is 11.8 Å². The third-order valence-corrected chi connectivity index (χ3v) is 4.44. The number of hydrogen-bond acceptors (Lipinski definition) is 7. The van der Waals surface area contributed by atoms with Gasteiger partial charge in [-0.25, -0.2) is 4.79 Å². The van der Waals surface area contributed by atoms with Crippen LogP contribution < -0.4 is 15.4 Å². The normalized spacial score (nSPS) is 11.2. The molecule has 0 atom stereocenters. The first-order valence-electron chi connectivity index (χ1n) is 8.96. The van der Waals surface area contributed by atoms with Crippen LogP contribution in [0.4, 0.5) is 23.9 Å². The molecule has 1 aromatic carbocycles. The van der Waals surface area contributed by atoms with Crippen LogP contribution in [0.5, 0.6) is 5.75 Å². The number of carbonyl (C=O) groups is 3. The van der Waals surface area contributed by atoms with Gasteiger partial charge >= 0.3 is 12.3 Å². The van der Waals surface area contributed by atoms with Gasteiger partial charge in [-0.2, -0.15) is 0 Å². The molecule has 0 fully saturated rings. The Kier molecular flexibility index (Phi) is 8.39. The summed E-state index contributed by atoms with van der Waals surface area (Å²) in [5.41, 5.74) is 0.522. The van der Waals surface area contributed by atoms with E-state index in [0.717, 1.165) is 12.1 Å². The summed E-state index contributed by atoms with van der Waals surface area (Å²) in [6, 6.07) is 6.21. The lowest BCUT2D eigenvalue weighted by Gasteiger charge is -2.16. The molecule has 0 aliphatic carbocycles. The predicted octanol–water partition coefficient (Wildman–Crippen LogP) is 3.33. The fraction of sp³-hybridized carbons (Fsp3) is 0.316. The maximum Gasteiger partial charge on any atom is 0.573 e. The topological polar surface area (TPSA) is 97.0 Å². The molecule has 2 amide bonds. The van der Waals surface area contributed by atoms with Crippen molar-refractivity contribution in [1.82, 2.24) is 4.90 Å². The van der Waals surface area contributed by atoms with Crippen LogP contribution in [0.15, 0.2) is 35.7 Å². The second-order valence-electron chi connectivity index (χ2n) is 6.22. The number of nitrogens with zero attached hydrogens (tertiary/aromatic N) is 1. The zero-order valence-corrected chi connectivity index (χ0v) is 17.4. The van der Waals surface area contributed by atoms with E-state index < -0.39 is 29.9 Å². The van der Waals surface area contributed by atoms with Crippen LogP contribution in [0, 0.1) is 0 Å². The highest BCUT2D eigenvalue weighted by atomic mass is 32.1. The number of benzene rings is 1. The summed E-state index contributed by atoms with van der Waals surface area (Å²) >= 11 is 1.17. The van der Waals surface area contributed by atoms with Crippen molar-refractivity contribution < 1.29 is 37.0 Å². The minimum Gasteiger partial charge on any atom is -0.462 e. The first kappa shape index (κ1) is 24.2. The number of ether oxygens (including phenoxy) is 2. The van der Waals surface area contributed by atoms with E-state index in [1.807, 2.05) is 0 Å². The summed E-state index contributed by atoms with van der Waals surface area (Å²) in [6.45, 7) is 1.60. The minimum atomic E-state index is -4.80. The summed E-state index contributed by atoms with van der Waals surface area (Å²) in [5, 5.41) is 7.11. The molecule has 0 saturated carbocycles. The number of hydrogen-bond donors (Lipinski definition) is 2. The number of carbonyl (C=O) groups excluding carboxylic acids is 3. The highest BCUT2D eigenvalue weighted by molar-refractivity contribution is 7.14. The molecule has 0 unspecified atom stereocenters. The van der Waals surface area contributed by atoms with Crippen molar-refractivity contribution in [2.24, 2.45) is 0 Å². The highest BCUT2D eigenvalue weighted by Crippen LogP contribution is 2.25. The van der Waals surface area contributed by atoms with Gasteiger partial charge in [0.05, 0.1) is 25.3 Å². The molecule has 0 aliphatic heterocycles. The van der Waals surface area contributed by atoms with E-state index in [2.05, 4.69) is 15.4 Å². The van der Waals surface area contributed by atoms with Crippen LogP contribution in [-0.4, -0.2) is 55.8 Å². The lowest BCUT2D eigenvalue weighted by atomic mass is 10.3. The second-order valence-corrected chi connectivity index (χ2v) is 7.14. The zero-order valence-electron chi connectivity index (χ0n) is 16.6. The van der Waals surface area contributed by atoms with Crippen molar-refractivity contribution in [3.05, 3.63) is 41.3 Å². The Bertz CT molecular complexity index is 915. The summed E-state index contributed by atoms with van der Waals surface area (Å²) < 4.78 is 45.2. The monoisotopic (exact) mass is 459 g/mol. The molecule has 12 heteroatoms. The molecule has 0 saturated heterocycles. The third kappa shape index (κ3) is 8.26. The van der Waals surface area contributed by atoms with E-state index in [0.29, 0.717) is 5.00 Å².